The van der Waals surface area contributed by atoms with Crippen LogP contribution in [0.5, 0.6) is 0 Å². The van der Waals surface area contributed by atoms with E-state index in [1.807, 2.05) is 19.1 Å². The number of ether oxygens (including phenoxy) is 1. The van der Waals surface area contributed by atoms with Gasteiger partial charge in [0.25, 0.3) is 0 Å². The Bertz CT molecular complexity index is 928. The third-order valence-corrected chi connectivity index (χ3v) is 7.31. The van der Waals surface area contributed by atoms with Crippen molar-refractivity contribution in [3.63, 3.8) is 0 Å². The zero-order valence-electron chi connectivity index (χ0n) is 17.1. The first-order chi connectivity index (χ1) is 14.4. The van der Waals surface area contributed by atoms with Crippen LogP contribution in [-0.2, 0) is 19.1 Å². The third-order valence-electron chi connectivity index (χ3n) is 7.31. The largest absolute Gasteiger partial charge is 0.454 e. The summed E-state index contributed by atoms with van der Waals surface area (Å²) in [5.41, 5.74) is 1.52. The summed E-state index contributed by atoms with van der Waals surface area (Å²) < 4.78 is 5.27. The van der Waals surface area contributed by atoms with Crippen molar-refractivity contribution in [3.05, 3.63) is 47.5 Å². The number of carbonyl (C=O) groups is 4. The molecule has 7 atom stereocenters. The van der Waals surface area contributed by atoms with E-state index in [4.69, 9.17) is 4.74 Å². The molecule has 156 valence electrons. The second kappa shape index (κ2) is 6.89. The lowest BCUT2D eigenvalue weighted by atomic mass is 9.63. The number of allylic oxidation sites excluding steroid dienone is 2. The van der Waals surface area contributed by atoms with Gasteiger partial charge in [-0.3, -0.25) is 24.1 Å². The molecule has 1 aromatic carbocycles. The van der Waals surface area contributed by atoms with Crippen molar-refractivity contribution in [1.82, 2.24) is 4.90 Å². The fourth-order valence-electron chi connectivity index (χ4n) is 5.70. The highest BCUT2D eigenvalue weighted by molar-refractivity contribution is 6.06. The average molecular weight is 407 g/mol. The van der Waals surface area contributed by atoms with Gasteiger partial charge < -0.3 is 4.74 Å². The minimum absolute atomic E-state index is 0.0176. The predicted octanol–water partition coefficient (Wildman–Crippen LogP) is 2.55. The molecular weight excluding hydrogens is 382 g/mol. The minimum atomic E-state index is -0.917. The Morgan fingerprint density at radius 2 is 1.60 bits per heavy atom. The van der Waals surface area contributed by atoms with Gasteiger partial charge in [-0.1, -0.05) is 42.0 Å². The van der Waals surface area contributed by atoms with Gasteiger partial charge in [-0.2, -0.15) is 0 Å². The molecule has 1 heterocycles. The summed E-state index contributed by atoms with van der Waals surface area (Å²) in [6.07, 6.45) is 4.36. The van der Waals surface area contributed by atoms with Crippen molar-refractivity contribution in [2.24, 2.45) is 35.5 Å². The van der Waals surface area contributed by atoms with E-state index < -0.39 is 12.1 Å². The SMILES string of the molecule is Cc1ccc(C(=O)[C@@H](C)OC(=O)CCN2C(=O)[C@@H]3[C@@H]4C=C[C@@H]([C@@H]5C[C@H]45)[C@@H]3C2=O)cc1. The molecule has 5 aliphatic rings. The highest BCUT2D eigenvalue weighted by Gasteiger charge is 2.66. The van der Waals surface area contributed by atoms with E-state index in [0.717, 1.165) is 12.0 Å². The fraction of sp³-hybridized carbons (Fsp3) is 0.500. The van der Waals surface area contributed by atoms with Crippen LogP contribution >= 0.6 is 0 Å². The lowest BCUT2D eigenvalue weighted by Gasteiger charge is -2.37. The molecule has 2 saturated carbocycles. The Morgan fingerprint density at radius 1 is 1.03 bits per heavy atom. The number of hydrogen-bond acceptors (Lipinski definition) is 5. The zero-order valence-corrected chi connectivity index (χ0v) is 17.1. The van der Waals surface area contributed by atoms with Gasteiger partial charge in [0.1, 0.15) is 0 Å². The summed E-state index contributed by atoms with van der Waals surface area (Å²) in [6.45, 7) is 3.49. The normalized spacial score (nSPS) is 33.9. The lowest BCUT2D eigenvalue weighted by molar-refractivity contribution is -0.148. The maximum Gasteiger partial charge on any atom is 0.308 e. The van der Waals surface area contributed by atoms with E-state index in [9.17, 15) is 19.2 Å². The minimum Gasteiger partial charge on any atom is -0.454 e. The summed E-state index contributed by atoms with van der Waals surface area (Å²) in [6, 6.07) is 7.08. The zero-order chi connectivity index (χ0) is 21.2. The van der Waals surface area contributed by atoms with Gasteiger partial charge in [0.2, 0.25) is 17.6 Å². The van der Waals surface area contributed by atoms with Crippen molar-refractivity contribution in [1.29, 1.82) is 0 Å². The lowest BCUT2D eigenvalue weighted by Crippen LogP contribution is -2.40. The summed E-state index contributed by atoms with van der Waals surface area (Å²) >= 11 is 0. The first-order valence-electron chi connectivity index (χ1n) is 10.7. The van der Waals surface area contributed by atoms with Crippen molar-refractivity contribution < 1.29 is 23.9 Å². The predicted molar refractivity (Wildman–Crippen MR) is 107 cm³/mol. The maximum absolute atomic E-state index is 12.9. The van der Waals surface area contributed by atoms with Crippen LogP contribution < -0.4 is 0 Å². The molecule has 2 bridgehead atoms. The van der Waals surface area contributed by atoms with Crippen LogP contribution in [0.15, 0.2) is 36.4 Å². The highest BCUT2D eigenvalue weighted by Crippen LogP contribution is 2.65. The van der Waals surface area contributed by atoms with Crippen LogP contribution in [0.4, 0.5) is 0 Å². The number of imide groups is 1. The number of aryl methyl sites for hydroxylation is 1. The van der Waals surface area contributed by atoms with E-state index in [1.54, 1.807) is 12.1 Å². The van der Waals surface area contributed by atoms with E-state index >= 15 is 0 Å². The van der Waals surface area contributed by atoms with E-state index in [-0.39, 0.29) is 54.2 Å². The molecule has 0 aromatic heterocycles. The second-order valence-electron chi connectivity index (χ2n) is 9.10. The summed E-state index contributed by atoms with van der Waals surface area (Å²) in [7, 11) is 0. The molecule has 1 aliphatic heterocycles. The van der Waals surface area contributed by atoms with Gasteiger partial charge in [-0.05, 0) is 43.9 Å². The molecular formula is C24H25NO5. The maximum atomic E-state index is 12.9. The molecule has 0 spiro atoms. The van der Waals surface area contributed by atoms with E-state index in [2.05, 4.69) is 12.2 Å². The van der Waals surface area contributed by atoms with Gasteiger partial charge in [0.15, 0.2) is 6.10 Å². The Morgan fingerprint density at radius 3 is 2.17 bits per heavy atom. The van der Waals surface area contributed by atoms with Gasteiger partial charge >= 0.3 is 5.97 Å². The monoisotopic (exact) mass is 407 g/mol. The second-order valence-corrected chi connectivity index (χ2v) is 9.10. The molecule has 3 fully saturated rings. The van der Waals surface area contributed by atoms with Crippen LogP contribution in [0, 0.1) is 42.4 Å². The summed E-state index contributed by atoms with van der Waals surface area (Å²) in [5.74, 6) is -0.211. The molecule has 1 saturated heterocycles. The third kappa shape index (κ3) is 2.92. The number of esters is 1. The van der Waals surface area contributed by atoms with Gasteiger partial charge in [0, 0.05) is 12.1 Å². The molecule has 30 heavy (non-hydrogen) atoms. The molecule has 1 aromatic rings. The Labute approximate surface area is 175 Å². The number of Topliss-reactive ketones (excluding diaryl/α,β-unsaturated/α-hetero) is 1. The fourth-order valence-corrected chi connectivity index (χ4v) is 5.70. The van der Waals surface area contributed by atoms with Gasteiger partial charge in [0.05, 0.1) is 18.3 Å². The number of likely N-dealkylation sites (tertiary alicyclic amines) is 1. The average Bonchev–Trinajstić information content (AvgIpc) is 3.51. The summed E-state index contributed by atoms with van der Waals surface area (Å²) in [4.78, 5) is 51.8. The first-order valence-corrected chi connectivity index (χ1v) is 10.7. The number of nitrogens with zero attached hydrogens (tertiary/aromatic N) is 1. The van der Waals surface area contributed by atoms with Crippen molar-refractivity contribution in [2.45, 2.75) is 32.8 Å². The van der Waals surface area contributed by atoms with Crippen molar-refractivity contribution in [3.8, 4) is 0 Å². The number of ketones is 1. The van der Waals surface area contributed by atoms with Crippen LogP contribution in [-0.4, -0.2) is 41.1 Å². The van der Waals surface area contributed by atoms with Crippen LogP contribution in [0.25, 0.3) is 0 Å². The first kappa shape index (κ1) is 19.2. The molecule has 0 N–H and O–H groups in total. The number of benzene rings is 1. The number of carbonyl (C=O) groups excluding carboxylic acids is 4. The molecule has 6 nitrogen and oxygen atoms in total. The highest BCUT2D eigenvalue weighted by atomic mass is 16.5. The Balaban J connectivity index is 1.18. The van der Waals surface area contributed by atoms with Crippen molar-refractivity contribution in [2.75, 3.05) is 6.54 Å². The molecule has 0 radical (unpaired) electrons. The van der Waals surface area contributed by atoms with Crippen LogP contribution in [0.3, 0.4) is 0 Å². The van der Waals surface area contributed by atoms with Gasteiger partial charge in [-0.15, -0.1) is 0 Å². The van der Waals surface area contributed by atoms with Crippen LogP contribution in [0.1, 0.15) is 35.7 Å². The topological polar surface area (TPSA) is 80.8 Å². The number of hydrogen-bond donors (Lipinski definition) is 0. The summed E-state index contributed by atoms with van der Waals surface area (Å²) in [5, 5.41) is 0. The number of amides is 2. The van der Waals surface area contributed by atoms with E-state index in [1.165, 1.54) is 11.8 Å². The standard InChI is InChI=1S/C24H25NO5/c1-12-3-5-14(6-4-12)22(27)13(2)30-19(26)9-10-25-23(28)20-15-7-8-16(18-11-17(15)18)21(20)24(25)29/h3-8,13,15-18,20-21H,9-11H2,1-2H3/t13-,15-,16+,17-,18+,20-,21+/m1/s1. The van der Waals surface area contributed by atoms with Gasteiger partial charge in [-0.25, -0.2) is 0 Å². The van der Waals surface area contributed by atoms with E-state index in [0.29, 0.717) is 17.4 Å². The molecule has 4 aliphatic carbocycles. The van der Waals surface area contributed by atoms with Crippen molar-refractivity contribution >= 4 is 23.6 Å². The Kier molecular flexibility index (Phi) is 4.42. The quantitative estimate of drug-likeness (QED) is 0.313. The smallest absolute Gasteiger partial charge is 0.308 e. The Hall–Kier alpha value is -2.76. The van der Waals surface area contributed by atoms with Crippen LogP contribution in [0.2, 0.25) is 0 Å². The molecule has 6 heteroatoms. The molecule has 2 amide bonds. The molecule has 6 rings (SSSR count). The molecule has 0 unspecified atom stereocenters. The number of rotatable bonds is 6.